The first kappa shape index (κ1) is 14.9. The minimum Gasteiger partial charge on any atom is -0.342 e. The summed E-state index contributed by atoms with van der Waals surface area (Å²) in [6, 6.07) is 8.56. The van der Waals surface area contributed by atoms with Crippen molar-refractivity contribution in [2.24, 2.45) is 0 Å². The molecule has 1 heterocycles. The van der Waals surface area contributed by atoms with E-state index in [1.807, 2.05) is 36.6 Å². The van der Waals surface area contributed by atoms with Gasteiger partial charge in [-0.15, -0.1) is 0 Å². The summed E-state index contributed by atoms with van der Waals surface area (Å²) in [5.74, 6) is 0.897. The standard InChI is InChI=1S/C15H20N2O2S/c1-11-15(19)17(9-6-10-20-2)13(14(18)16-11)12-7-4-3-5-8-12/h3-5,7-8,11,13H,6,9-10H2,1-2H3,(H,16,18). The molecule has 108 valence electrons. The molecule has 2 rings (SSSR count). The van der Waals surface area contributed by atoms with Crippen molar-refractivity contribution in [3.05, 3.63) is 35.9 Å². The van der Waals surface area contributed by atoms with Gasteiger partial charge in [-0.05, 0) is 30.9 Å². The number of nitrogens with zero attached hydrogens (tertiary/aromatic N) is 1. The van der Waals surface area contributed by atoms with Crippen LogP contribution in [0.3, 0.4) is 0 Å². The van der Waals surface area contributed by atoms with Crippen LogP contribution in [0.15, 0.2) is 30.3 Å². The molecule has 1 fully saturated rings. The van der Waals surface area contributed by atoms with E-state index in [0.717, 1.165) is 17.7 Å². The quantitative estimate of drug-likeness (QED) is 0.842. The molecule has 0 bridgehead atoms. The van der Waals surface area contributed by atoms with Crippen LogP contribution in [0.4, 0.5) is 0 Å². The number of carbonyl (C=O) groups excluding carboxylic acids is 2. The SMILES string of the molecule is CSCCCN1C(=O)C(C)NC(=O)C1c1ccccc1. The number of benzene rings is 1. The fourth-order valence-electron chi connectivity index (χ4n) is 2.46. The summed E-state index contributed by atoms with van der Waals surface area (Å²) in [6.45, 7) is 2.36. The summed E-state index contributed by atoms with van der Waals surface area (Å²) in [7, 11) is 0. The first-order valence-electron chi connectivity index (χ1n) is 6.80. The number of thioether (sulfide) groups is 1. The highest BCUT2D eigenvalue weighted by atomic mass is 32.2. The third-order valence-electron chi connectivity index (χ3n) is 3.44. The lowest BCUT2D eigenvalue weighted by atomic mass is 10.00. The summed E-state index contributed by atoms with van der Waals surface area (Å²) in [5, 5.41) is 2.76. The molecule has 0 radical (unpaired) electrons. The van der Waals surface area contributed by atoms with E-state index < -0.39 is 12.1 Å². The zero-order valence-electron chi connectivity index (χ0n) is 11.8. The second-order valence-electron chi connectivity index (χ2n) is 4.92. The minimum atomic E-state index is -0.498. The fourth-order valence-corrected chi connectivity index (χ4v) is 2.87. The predicted molar refractivity (Wildman–Crippen MR) is 81.5 cm³/mol. The molecule has 0 aromatic heterocycles. The van der Waals surface area contributed by atoms with Gasteiger partial charge in [0.15, 0.2) is 0 Å². The van der Waals surface area contributed by atoms with Crippen LogP contribution in [0.1, 0.15) is 24.9 Å². The zero-order chi connectivity index (χ0) is 14.5. The van der Waals surface area contributed by atoms with Crippen molar-refractivity contribution in [1.82, 2.24) is 10.2 Å². The number of rotatable bonds is 5. The summed E-state index contributed by atoms with van der Waals surface area (Å²) in [4.78, 5) is 26.4. The smallest absolute Gasteiger partial charge is 0.248 e. The van der Waals surface area contributed by atoms with Gasteiger partial charge in [0.25, 0.3) is 0 Å². The number of piperazine rings is 1. The van der Waals surface area contributed by atoms with Crippen LogP contribution in [0, 0.1) is 0 Å². The second-order valence-corrected chi connectivity index (χ2v) is 5.91. The lowest BCUT2D eigenvalue weighted by Crippen LogP contribution is -2.58. The average Bonchev–Trinajstić information content (AvgIpc) is 2.45. The molecular formula is C15H20N2O2S. The average molecular weight is 292 g/mol. The molecule has 1 saturated heterocycles. The van der Waals surface area contributed by atoms with E-state index in [1.54, 1.807) is 23.6 Å². The highest BCUT2D eigenvalue weighted by Crippen LogP contribution is 2.25. The maximum atomic E-state index is 12.4. The maximum absolute atomic E-state index is 12.4. The highest BCUT2D eigenvalue weighted by molar-refractivity contribution is 7.98. The van der Waals surface area contributed by atoms with E-state index in [9.17, 15) is 9.59 Å². The minimum absolute atomic E-state index is 0.000411. The number of carbonyl (C=O) groups is 2. The Kier molecular flexibility index (Phi) is 5.06. The van der Waals surface area contributed by atoms with Gasteiger partial charge in [-0.1, -0.05) is 30.3 Å². The van der Waals surface area contributed by atoms with Gasteiger partial charge in [-0.3, -0.25) is 9.59 Å². The van der Waals surface area contributed by atoms with Gasteiger partial charge in [0.2, 0.25) is 11.8 Å². The van der Waals surface area contributed by atoms with Crippen molar-refractivity contribution in [1.29, 1.82) is 0 Å². The number of hydrogen-bond donors (Lipinski definition) is 1. The van der Waals surface area contributed by atoms with Crippen LogP contribution in [0.25, 0.3) is 0 Å². The molecular weight excluding hydrogens is 272 g/mol. The number of hydrogen-bond acceptors (Lipinski definition) is 3. The largest absolute Gasteiger partial charge is 0.342 e. The maximum Gasteiger partial charge on any atom is 0.248 e. The van der Waals surface area contributed by atoms with Gasteiger partial charge in [-0.25, -0.2) is 0 Å². The Morgan fingerprint density at radius 2 is 1.95 bits per heavy atom. The predicted octanol–water partition coefficient (Wildman–Crippen LogP) is 1.83. The lowest BCUT2D eigenvalue weighted by molar-refractivity contribution is -0.149. The normalized spacial score (nSPS) is 22.8. The molecule has 2 unspecified atom stereocenters. The molecule has 2 atom stereocenters. The Labute approximate surface area is 123 Å². The van der Waals surface area contributed by atoms with Crippen molar-refractivity contribution in [2.75, 3.05) is 18.6 Å². The molecule has 5 heteroatoms. The van der Waals surface area contributed by atoms with E-state index in [-0.39, 0.29) is 11.8 Å². The molecule has 1 aromatic carbocycles. The molecule has 1 N–H and O–H groups in total. The lowest BCUT2D eigenvalue weighted by Gasteiger charge is -2.38. The highest BCUT2D eigenvalue weighted by Gasteiger charge is 2.38. The van der Waals surface area contributed by atoms with E-state index in [4.69, 9.17) is 0 Å². The second kappa shape index (κ2) is 6.79. The van der Waals surface area contributed by atoms with Gasteiger partial charge in [0.05, 0.1) is 0 Å². The molecule has 2 amide bonds. The molecule has 0 aliphatic carbocycles. The zero-order valence-corrected chi connectivity index (χ0v) is 12.7. The van der Waals surface area contributed by atoms with Crippen molar-refractivity contribution in [3.63, 3.8) is 0 Å². The van der Waals surface area contributed by atoms with Crippen LogP contribution >= 0.6 is 11.8 Å². The van der Waals surface area contributed by atoms with Crippen molar-refractivity contribution >= 4 is 23.6 Å². The number of amides is 2. The topological polar surface area (TPSA) is 49.4 Å². The van der Waals surface area contributed by atoms with Crippen LogP contribution in [-0.2, 0) is 9.59 Å². The third kappa shape index (κ3) is 3.15. The Morgan fingerprint density at radius 1 is 1.25 bits per heavy atom. The third-order valence-corrected chi connectivity index (χ3v) is 4.13. The van der Waals surface area contributed by atoms with Crippen LogP contribution < -0.4 is 5.32 Å². The summed E-state index contributed by atoms with van der Waals surface area (Å²) < 4.78 is 0. The van der Waals surface area contributed by atoms with E-state index >= 15 is 0 Å². The van der Waals surface area contributed by atoms with Crippen molar-refractivity contribution in [3.8, 4) is 0 Å². The van der Waals surface area contributed by atoms with Crippen LogP contribution in [0.2, 0.25) is 0 Å². The summed E-state index contributed by atoms with van der Waals surface area (Å²) >= 11 is 1.75. The number of nitrogens with one attached hydrogen (secondary N) is 1. The van der Waals surface area contributed by atoms with E-state index in [1.165, 1.54) is 0 Å². The Bertz CT molecular complexity index is 478. The molecule has 20 heavy (non-hydrogen) atoms. The van der Waals surface area contributed by atoms with Crippen molar-refractivity contribution in [2.45, 2.75) is 25.4 Å². The van der Waals surface area contributed by atoms with Crippen LogP contribution in [0.5, 0.6) is 0 Å². The van der Waals surface area contributed by atoms with Gasteiger partial charge in [-0.2, -0.15) is 11.8 Å². The van der Waals surface area contributed by atoms with Gasteiger partial charge >= 0.3 is 0 Å². The monoisotopic (exact) mass is 292 g/mol. The van der Waals surface area contributed by atoms with E-state index in [2.05, 4.69) is 5.32 Å². The summed E-state index contributed by atoms with van der Waals surface area (Å²) in [6.07, 6.45) is 2.94. The Balaban J connectivity index is 2.24. The first-order chi connectivity index (χ1) is 9.65. The Hall–Kier alpha value is -1.49. The molecule has 0 saturated carbocycles. The molecule has 4 nitrogen and oxygen atoms in total. The summed E-state index contributed by atoms with van der Waals surface area (Å²) in [5.41, 5.74) is 0.870. The Morgan fingerprint density at radius 3 is 2.60 bits per heavy atom. The molecule has 0 spiro atoms. The van der Waals surface area contributed by atoms with Gasteiger partial charge in [0, 0.05) is 6.54 Å². The van der Waals surface area contributed by atoms with Gasteiger partial charge in [0.1, 0.15) is 12.1 Å². The fraction of sp³-hybridized carbons (Fsp3) is 0.467. The van der Waals surface area contributed by atoms with Crippen molar-refractivity contribution < 1.29 is 9.59 Å². The van der Waals surface area contributed by atoms with Crippen LogP contribution in [-0.4, -0.2) is 41.3 Å². The van der Waals surface area contributed by atoms with E-state index in [0.29, 0.717) is 6.54 Å². The molecule has 1 aliphatic heterocycles. The molecule has 1 aliphatic rings. The first-order valence-corrected chi connectivity index (χ1v) is 8.19. The van der Waals surface area contributed by atoms with Gasteiger partial charge < -0.3 is 10.2 Å². The molecule has 1 aromatic rings.